The van der Waals surface area contributed by atoms with Gasteiger partial charge in [0.05, 0.1) is 32.4 Å². The standard InChI is InChI=1S/C25H14BrClF3NO2/c26-24-15-7-3-1-5-13(15)19(14-6-2-4-8-16(14)24)20-21(24)23(33)31(22(20)32)12-9-10-18(27)17(11-12)25(28,29)30/h1-11,19-21H/t19?,20-,21-,24?/m0/s1. The van der Waals surface area contributed by atoms with Gasteiger partial charge < -0.3 is 0 Å². The number of halogens is 5. The summed E-state index contributed by atoms with van der Waals surface area (Å²) in [7, 11) is 0. The molecular weight excluding hydrogens is 519 g/mol. The fraction of sp³-hybridized carbons (Fsp3) is 0.200. The second-order valence-corrected chi connectivity index (χ2v) is 10.2. The number of carbonyl (C=O) groups is 2. The Bertz CT molecular complexity index is 1320. The third-order valence-electron chi connectivity index (χ3n) is 7.03. The van der Waals surface area contributed by atoms with E-state index in [1.165, 1.54) is 6.07 Å². The zero-order valence-corrected chi connectivity index (χ0v) is 19.1. The van der Waals surface area contributed by atoms with Crippen LogP contribution in [0.5, 0.6) is 0 Å². The van der Waals surface area contributed by atoms with Gasteiger partial charge in [0.1, 0.15) is 0 Å². The van der Waals surface area contributed by atoms with Crippen LogP contribution in [-0.2, 0) is 20.1 Å². The van der Waals surface area contributed by atoms with Gasteiger partial charge in [0.2, 0.25) is 11.8 Å². The summed E-state index contributed by atoms with van der Waals surface area (Å²) in [5.74, 6) is -2.90. The molecule has 7 rings (SSSR count). The normalized spacial score (nSPS) is 27.4. The van der Waals surface area contributed by atoms with E-state index in [0.717, 1.165) is 39.3 Å². The number of amides is 2. The van der Waals surface area contributed by atoms with E-state index in [1.807, 2.05) is 48.5 Å². The molecule has 4 aliphatic rings. The second kappa shape index (κ2) is 6.70. The first-order chi connectivity index (χ1) is 15.7. The number of hydrogen-bond donors (Lipinski definition) is 0. The SMILES string of the molecule is O=C1[C@@H]2[C@@H](C(=O)N1c1ccc(Cl)c(C(F)(F)F)c1)C1c3ccccc3C2(Br)c2ccccc21. The molecular formula is C25H14BrClF3NO2. The molecule has 3 nitrogen and oxygen atoms in total. The summed E-state index contributed by atoms with van der Waals surface area (Å²) in [6.07, 6.45) is -4.71. The third kappa shape index (κ3) is 2.58. The number of hydrogen-bond acceptors (Lipinski definition) is 2. The lowest BCUT2D eigenvalue weighted by Gasteiger charge is -2.51. The summed E-state index contributed by atoms with van der Waals surface area (Å²) in [4.78, 5) is 28.4. The fourth-order valence-corrected chi connectivity index (χ4v) is 7.23. The van der Waals surface area contributed by atoms with Crippen molar-refractivity contribution in [2.45, 2.75) is 16.4 Å². The van der Waals surface area contributed by atoms with Gasteiger partial charge in [-0.05, 0) is 40.5 Å². The Morgan fingerprint density at radius 3 is 2.03 bits per heavy atom. The molecule has 2 amide bonds. The Hall–Kier alpha value is -2.64. The van der Waals surface area contributed by atoms with Crippen LogP contribution in [0, 0.1) is 11.8 Å². The number of rotatable bonds is 1. The van der Waals surface area contributed by atoms with E-state index >= 15 is 0 Å². The maximum Gasteiger partial charge on any atom is 0.417 e. The van der Waals surface area contributed by atoms with Crippen molar-refractivity contribution in [3.63, 3.8) is 0 Å². The van der Waals surface area contributed by atoms with Crippen molar-refractivity contribution in [2.75, 3.05) is 4.90 Å². The van der Waals surface area contributed by atoms with Crippen molar-refractivity contribution in [3.8, 4) is 0 Å². The molecule has 0 aromatic heterocycles. The molecule has 0 unspecified atom stereocenters. The van der Waals surface area contributed by atoms with Crippen LogP contribution in [0.3, 0.4) is 0 Å². The summed E-state index contributed by atoms with van der Waals surface area (Å²) >= 11 is 9.63. The van der Waals surface area contributed by atoms with Gasteiger partial charge >= 0.3 is 6.18 Å². The molecule has 166 valence electrons. The highest BCUT2D eigenvalue weighted by atomic mass is 79.9. The quantitative estimate of drug-likeness (QED) is 0.274. The molecule has 1 saturated heterocycles. The lowest BCUT2D eigenvalue weighted by Crippen LogP contribution is -2.50. The Kier molecular flexibility index (Phi) is 4.25. The van der Waals surface area contributed by atoms with Crippen LogP contribution in [0.2, 0.25) is 5.02 Å². The van der Waals surface area contributed by atoms with Gasteiger partial charge in [-0.25, -0.2) is 4.90 Å². The summed E-state index contributed by atoms with van der Waals surface area (Å²) in [6, 6.07) is 18.5. The second-order valence-electron chi connectivity index (χ2n) is 8.54. The monoisotopic (exact) mass is 531 g/mol. The lowest BCUT2D eigenvalue weighted by atomic mass is 9.55. The van der Waals surface area contributed by atoms with Gasteiger partial charge in [0, 0.05) is 5.92 Å². The van der Waals surface area contributed by atoms with Crippen molar-refractivity contribution in [1.29, 1.82) is 0 Å². The average Bonchev–Trinajstić information content (AvgIpc) is 3.05. The highest BCUT2D eigenvalue weighted by Crippen LogP contribution is 2.66. The van der Waals surface area contributed by atoms with Crippen molar-refractivity contribution in [1.82, 2.24) is 0 Å². The van der Waals surface area contributed by atoms with Gasteiger partial charge in [0.15, 0.2) is 0 Å². The molecule has 3 aliphatic carbocycles. The highest BCUT2D eigenvalue weighted by molar-refractivity contribution is 9.09. The van der Waals surface area contributed by atoms with Gasteiger partial charge in [-0.3, -0.25) is 9.59 Å². The summed E-state index contributed by atoms with van der Waals surface area (Å²) in [5, 5.41) is -0.486. The minimum Gasteiger partial charge on any atom is -0.274 e. The van der Waals surface area contributed by atoms with E-state index in [9.17, 15) is 22.8 Å². The molecule has 2 bridgehead atoms. The number of imide groups is 1. The molecule has 3 aromatic rings. The first-order valence-electron chi connectivity index (χ1n) is 10.3. The number of alkyl halides is 4. The van der Waals surface area contributed by atoms with E-state index in [4.69, 9.17) is 11.6 Å². The lowest BCUT2D eigenvalue weighted by molar-refractivity contribution is -0.137. The smallest absolute Gasteiger partial charge is 0.274 e. The van der Waals surface area contributed by atoms with Gasteiger partial charge in [-0.2, -0.15) is 13.2 Å². The van der Waals surface area contributed by atoms with E-state index in [2.05, 4.69) is 15.9 Å². The molecule has 0 spiro atoms. The summed E-state index contributed by atoms with van der Waals surface area (Å²) in [5.41, 5.74) is 2.50. The molecule has 1 aliphatic heterocycles. The molecule has 1 heterocycles. The number of nitrogens with zero attached hydrogens (tertiary/aromatic N) is 1. The maximum atomic E-state index is 13.8. The molecule has 2 atom stereocenters. The van der Waals surface area contributed by atoms with E-state index < -0.39 is 44.7 Å². The average molecular weight is 533 g/mol. The van der Waals surface area contributed by atoms with Crippen molar-refractivity contribution < 1.29 is 22.8 Å². The molecule has 1 fully saturated rings. The zero-order valence-electron chi connectivity index (χ0n) is 16.7. The van der Waals surface area contributed by atoms with Crippen LogP contribution < -0.4 is 4.90 Å². The molecule has 0 N–H and O–H groups in total. The van der Waals surface area contributed by atoms with Crippen molar-refractivity contribution >= 4 is 45.0 Å². The Labute approximate surface area is 200 Å². The predicted octanol–water partition coefficient (Wildman–Crippen LogP) is 6.26. The number of anilines is 1. The Morgan fingerprint density at radius 2 is 1.45 bits per heavy atom. The van der Waals surface area contributed by atoms with Gasteiger partial charge in [-0.15, -0.1) is 0 Å². The van der Waals surface area contributed by atoms with Crippen LogP contribution >= 0.6 is 27.5 Å². The van der Waals surface area contributed by atoms with Gasteiger partial charge in [-0.1, -0.05) is 76.1 Å². The Balaban J connectivity index is 1.56. The minimum absolute atomic E-state index is 0.125. The fourth-order valence-electron chi connectivity index (χ4n) is 5.80. The molecule has 3 aromatic carbocycles. The molecule has 33 heavy (non-hydrogen) atoms. The van der Waals surface area contributed by atoms with Crippen LogP contribution in [0.4, 0.5) is 18.9 Å². The van der Waals surface area contributed by atoms with Crippen LogP contribution in [0.25, 0.3) is 0 Å². The first-order valence-corrected chi connectivity index (χ1v) is 11.4. The van der Waals surface area contributed by atoms with Crippen LogP contribution in [-0.4, -0.2) is 11.8 Å². The van der Waals surface area contributed by atoms with Crippen molar-refractivity contribution in [2.24, 2.45) is 11.8 Å². The molecule has 0 saturated carbocycles. The summed E-state index contributed by atoms with van der Waals surface area (Å²) < 4.78 is 39.5. The van der Waals surface area contributed by atoms with Crippen LogP contribution in [0.1, 0.15) is 33.7 Å². The topological polar surface area (TPSA) is 37.4 Å². The first kappa shape index (κ1) is 20.9. The van der Waals surface area contributed by atoms with Crippen LogP contribution in [0.15, 0.2) is 66.7 Å². The predicted molar refractivity (Wildman–Crippen MR) is 120 cm³/mol. The third-order valence-corrected chi connectivity index (χ3v) is 8.71. The highest BCUT2D eigenvalue weighted by Gasteiger charge is 2.67. The largest absolute Gasteiger partial charge is 0.417 e. The summed E-state index contributed by atoms with van der Waals surface area (Å²) in [6.45, 7) is 0. The Morgan fingerprint density at radius 1 is 0.879 bits per heavy atom. The number of benzene rings is 3. The van der Waals surface area contributed by atoms with E-state index in [-0.39, 0.29) is 11.6 Å². The number of carbonyl (C=O) groups excluding carboxylic acids is 2. The van der Waals surface area contributed by atoms with Gasteiger partial charge in [0.25, 0.3) is 0 Å². The molecule has 0 radical (unpaired) electrons. The molecule has 8 heteroatoms. The van der Waals surface area contributed by atoms with Crippen molar-refractivity contribution in [3.05, 3.63) is 99.6 Å². The maximum absolute atomic E-state index is 13.8. The van der Waals surface area contributed by atoms with E-state index in [0.29, 0.717) is 0 Å². The van der Waals surface area contributed by atoms with E-state index in [1.54, 1.807) is 0 Å². The zero-order chi connectivity index (χ0) is 23.3. The minimum atomic E-state index is -4.71.